The van der Waals surface area contributed by atoms with Gasteiger partial charge in [0.1, 0.15) is 5.82 Å². The van der Waals surface area contributed by atoms with E-state index in [2.05, 4.69) is 57.3 Å². The molecule has 23 heavy (non-hydrogen) atoms. The Morgan fingerprint density at radius 3 is 2.39 bits per heavy atom. The molecule has 1 atom stereocenters. The van der Waals surface area contributed by atoms with Gasteiger partial charge in [-0.25, -0.2) is 9.48 Å². The lowest BCUT2D eigenvalue weighted by atomic mass is 9.92. The summed E-state index contributed by atoms with van der Waals surface area (Å²) in [6.07, 6.45) is 0.774. The number of nitrogens with zero attached hydrogens (tertiary/aromatic N) is 2. The van der Waals surface area contributed by atoms with Crippen molar-refractivity contribution < 1.29 is 9.53 Å². The van der Waals surface area contributed by atoms with Crippen LogP contribution in [-0.4, -0.2) is 35.6 Å². The molecule has 0 bridgehead atoms. The predicted octanol–water partition coefficient (Wildman–Crippen LogP) is 3.48. The van der Waals surface area contributed by atoms with Crippen molar-refractivity contribution in [2.45, 2.75) is 71.9 Å². The van der Waals surface area contributed by atoms with Crippen molar-refractivity contribution in [3.8, 4) is 0 Å². The SMILES string of the molecule is COCCC(C)NC(=O)Nc1cc(C(C)(C)C)nn1C(C)(C)C. The van der Waals surface area contributed by atoms with Gasteiger partial charge in [0.2, 0.25) is 0 Å². The minimum absolute atomic E-state index is 0.0445. The summed E-state index contributed by atoms with van der Waals surface area (Å²) >= 11 is 0. The number of hydrogen-bond acceptors (Lipinski definition) is 3. The number of carbonyl (C=O) groups is 1. The fourth-order valence-electron chi connectivity index (χ4n) is 2.09. The van der Waals surface area contributed by atoms with Gasteiger partial charge in [-0.15, -0.1) is 0 Å². The van der Waals surface area contributed by atoms with Crippen LogP contribution in [-0.2, 0) is 15.7 Å². The second-order valence-electron chi connectivity index (χ2n) is 8.03. The first kappa shape index (κ1) is 19.5. The molecule has 0 saturated heterocycles. The molecule has 0 radical (unpaired) electrons. The molecule has 0 saturated carbocycles. The van der Waals surface area contributed by atoms with Gasteiger partial charge >= 0.3 is 6.03 Å². The van der Waals surface area contributed by atoms with Gasteiger partial charge in [0, 0.05) is 31.2 Å². The van der Waals surface area contributed by atoms with Crippen LogP contribution in [0, 0.1) is 0 Å². The number of rotatable bonds is 5. The molecule has 0 aliphatic carbocycles. The fraction of sp³-hybridized carbons (Fsp3) is 0.765. The highest BCUT2D eigenvalue weighted by Gasteiger charge is 2.25. The molecule has 0 fully saturated rings. The van der Waals surface area contributed by atoms with Crippen LogP contribution in [0.5, 0.6) is 0 Å². The lowest BCUT2D eigenvalue weighted by Crippen LogP contribution is -2.38. The second-order valence-corrected chi connectivity index (χ2v) is 8.03. The van der Waals surface area contributed by atoms with Gasteiger partial charge in [-0.1, -0.05) is 20.8 Å². The summed E-state index contributed by atoms with van der Waals surface area (Å²) in [6, 6.07) is 1.77. The van der Waals surface area contributed by atoms with Crippen molar-refractivity contribution in [3.05, 3.63) is 11.8 Å². The highest BCUT2D eigenvalue weighted by Crippen LogP contribution is 2.28. The summed E-state index contributed by atoms with van der Waals surface area (Å²) in [6.45, 7) is 15.1. The third-order valence-electron chi connectivity index (χ3n) is 3.49. The average Bonchev–Trinajstić information content (AvgIpc) is 2.79. The largest absolute Gasteiger partial charge is 0.385 e. The number of hydrogen-bond donors (Lipinski definition) is 2. The molecule has 1 aromatic heterocycles. The number of nitrogens with one attached hydrogen (secondary N) is 2. The van der Waals surface area contributed by atoms with Gasteiger partial charge in [0.05, 0.1) is 11.2 Å². The summed E-state index contributed by atoms with van der Waals surface area (Å²) in [5.41, 5.74) is 0.665. The number of anilines is 1. The van der Waals surface area contributed by atoms with E-state index in [4.69, 9.17) is 4.74 Å². The number of aromatic nitrogens is 2. The van der Waals surface area contributed by atoms with E-state index < -0.39 is 0 Å². The van der Waals surface area contributed by atoms with Crippen molar-refractivity contribution in [1.82, 2.24) is 15.1 Å². The van der Waals surface area contributed by atoms with Crippen LogP contribution in [0.2, 0.25) is 0 Å². The molecular weight excluding hydrogens is 292 g/mol. The zero-order valence-corrected chi connectivity index (χ0v) is 15.8. The quantitative estimate of drug-likeness (QED) is 0.871. The Bertz CT molecular complexity index is 524. The van der Waals surface area contributed by atoms with E-state index in [9.17, 15) is 4.79 Å². The van der Waals surface area contributed by atoms with Crippen molar-refractivity contribution in [2.24, 2.45) is 0 Å². The molecule has 1 rings (SSSR count). The van der Waals surface area contributed by atoms with E-state index in [0.29, 0.717) is 12.4 Å². The van der Waals surface area contributed by atoms with Crippen LogP contribution in [0.3, 0.4) is 0 Å². The smallest absolute Gasteiger partial charge is 0.320 e. The first-order valence-corrected chi connectivity index (χ1v) is 8.12. The van der Waals surface area contributed by atoms with Gasteiger partial charge in [0.25, 0.3) is 0 Å². The molecule has 2 N–H and O–H groups in total. The zero-order chi connectivity index (χ0) is 17.8. The minimum Gasteiger partial charge on any atom is -0.385 e. The average molecular weight is 324 g/mol. The van der Waals surface area contributed by atoms with E-state index in [1.807, 2.05) is 17.7 Å². The lowest BCUT2D eigenvalue weighted by molar-refractivity contribution is 0.185. The van der Waals surface area contributed by atoms with Crippen LogP contribution >= 0.6 is 0 Å². The van der Waals surface area contributed by atoms with E-state index in [1.54, 1.807) is 7.11 Å². The maximum absolute atomic E-state index is 12.2. The highest BCUT2D eigenvalue weighted by atomic mass is 16.5. The molecule has 0 aromatic carbocycles. The maximum atomic E-state index is 12.2. The molecule has 6 heteroatoms. The highest BCUT2D eigenvalue weighted by molar-refractivity contribution is 5.88. The first-order chi connectivity index (χ1) is 10.4. The van der Waals surface area contributed by atoms with Crippen LogP contribution in [0.25, 0.3) is 0 Å². The number of methoxy groups -OCH3 is 1. The van der Waals surface area contributed by atoms with E-state index in [-0.39, 0.29) is 23.0 Å². The van der Waals surface area contributed by atoms with E-state index in [1.165, 1.54) is 0 Å². The molecule has 0 aliphatic heterocycles. The standard InChI is InChI=1S/C17H32N4O2/c1-12(9-10-23-8)18-15(22)19-14-11-13(16(2,3)4)20-21(14)17(5,6)7/h11-12H,9-10H2,1-8H3,(H2,18,19,22). The Kier molecular flexibility index (Phi) is 6.22. The van der Waals surface area contributed by atoms with Gasteiger partial charge in [-0.05, 0) is 34.1 Å². The summed E-state index contributed by atoms with van der Waals surface area (Å²) < 4.78 is 6.90. The fourth-order valence-corrected chi connectivity index (χ4v) is 2.09. The topological polar surface area (TPSA) is 68.2 Å². The van der Waals surface area contributed by atoms with Crippen LogP contribution in [0.4, 0.5) is 10.6 Å². The van der Waals surface area contributed by atoms with Crippen LogP contribution in [0.1, 0.15) is 60.6 Å². The molecule has 6 nitrogen and oxygen atoms in total. The number of amides is 2. The molecule has 1 heterocycles. The molecule has 0 spiro atoms. The lowest BCUT2D eigenvalue weighted by Gasteiger charge is -2.23. The van der Waals surface area contributed by atoms with Crippen molar-refractivity contribution in [2.75, 3.05) is 19.0 Å². The van der Waals surface area contributed by atoms with Crippen molar-refractivity contribution in [1.29, 1.82) is 0 Å². The zero-order valence-electron chi connectivity index (χ0n) is 15.8. The van der Waals surface area contributed by atoms with Crippen molar-refractivity contribution >= 4 is 11.8 Å². The summed E-state index contributed by atoms with van der Waals surface area (Å²) in [5, 5.41) is 10.5. The van der Waals surface area contributed by atoms with E-state index in [0.717, 1.165) is 12.1 Å². The molecule has 0 aliphatic rings. The van der Waals surface area contributed by atoms with Gasteiger partial charge < -0.3 is 10.1 Å². The molecular formula is C17H32N4O2. The number of carbonyl (C=O) groups excluding carboxylic acids is 1. The maximum Gasteiger partial charge on any atom is 0.320 e. The molecule has 132 valence electrons. The molecule has 1 aromatic rings. The summed E-state index contributed by atoms with van der Waals surface area (Å²) in [4.78, 5) is 12.2. The summed E-state index contributed by atoms with van der Waals surface area (Å²) in [5.74, 6) is 0.707. The molecule has 1 unspecified atom stereocenters. The van der Waals surface area contributed by atoms with Crippen molar-refractivity contribution in [3.63, 3.8) is 0 Å². The second kappa shape index (κ2) is 7.34. The number of urea groups is 1. The molecule has 2 amide bonds. The van der Waals surface area contributed by atoms with Crippen LogP contribution < -0.4 is 10.6 Å². The predicted molar refractivity (Wildman–Crippen MR) is 94.0 cm³/mol. The van der Waals surface area contributed by atoms with Gasteiger partial charge in [-0.3, -0.25) is 5.32 Å². The van der Waals surface area contributed by atoms with Gasteiger partial charge in [0.15, 0.2) is 0 Å². The third-order valence-corrected chi connectivity index (χ3v) is 3.49. The number of ether oxygens (including phenoxy) is 1. The van der Waals surface area contributed by atoms with E-state index >= 15 is 0 Å². The Hall–Kier alpha value is -1.56. The monoisotopic (exact) mass is 324 g/mol. The Labute approximate surface area is 140 Å². The summed E-state index contributed by atoms with van der Waals surface area (Å²) in [7, 11) is 1.66. The third kappa shape index (κ3) is 5.86. The normalized spacial score (nSPS) is 13.7. The minimum atomic E-state index is -0.223. The van der Waals surface area contributed by atoms with Gasteiger partial charge in [-0.2, -0.15) is 5.10 Å². The van der Waals surface area contributed by atoms with Crippen LogP contribution in [0.15, 0.2) is 6.07 Å². The Morgan fingerprint density at radius 2 is 1.91 bits per heavy atom. The Balaban J connectivity index is 2.90. The first-order valence-electron chi connectivity index (χ1n) is 8.12. The Morgan fingerprint density at radius 1 is 1.30 bits per heavy atom.